The van der Waals surface area contributed by atoms with Gasteiger partial charge in [0.2, 0.25) is 0 Å². The Morgan fingerprint density at radius 1 is 1.21 bits per heavy atom. The van der Waals surface area contributed by atoms with E-state index in [-0.39, 0.29) is 9.49 Å². The Morgan fingerprint density at radius 2 is 1.71 bits per heavy atom. The largest absolute Gasteiger partial charge is 0.246 e. The second kappa shape index (κ2) is 3.11. The average Bonchev–Trinajstić information content (AvgIpc) is 2.79. The van der Waals surface area contributed by atoms with Crippen molar-refractivity contribution in [2.75, 3.05) is 0 Å². The van der Waals surface area contributed by atoms with E-state index in [9.17, 15) is 4.21 Å². The summed E-state index contributed by atoms with van der Waals surface area (Å²) in [6, 6.07) is 10.2. The number of hydrogen-bond donors (Lipinski definition) is 0. The summed E-state index contributed by atoms with van der Waals surface area (Å²) in [5, 5.41) is 0. The molecular formula is C11H14OS2. The molecule has 1 fully saturated rings. The third-order valence-electron chi connectivity index (χ3n) is 2.54. The van der Waals surface area contributed by atoms with Crippen molar-refractivity contribution >= 4 is 20.6 Å². The molecule has 0 saturated carbocycles. The molecule has 1 saturated heterocycles. The fraction of sp³-hybridized carbons (Fsp3) is 0.455. The summed E-state index contributed by atoms with van der Waals surface area (Å²) in [5.74, 6) is 0. The van der Waals surface area contributed by atoms with Gasteiger partial charge in [0.15, 0.2) is 0 Å². The van der Waals surface area contributed by atoms with E-state index in [1.54, 1.807) is 10.8 Å². The van der Waals surface area contributed by atoms with Gasteiger partial charge in [0.25, 0.3) is 0 Å². The minimum absolute atomic E-state index is 0.0455. The van der Waals surface area contributed by atoms with Gasteiger partial charge in [-0.1, -0.05) is 51.1 Å². The molecule has 0 spiro atoms. The first-order chi connectivity index (χ1) is 6.48. The van der Waals surface area contributed by atoms with Crippen molar-refractivity contribution in [2.45, 2.75) is 24.9 Å². The fourth-order valence-electron chi connectivity index (χ4n) is 1.70. The maximum Gasteiger partial charge on any atom is 0.143 e. The van der Waals surface area contributed by atoms with Crippen molar-refractivity contribution < 1.29 is 4.21 Å². The third-order valence-corrected chi connectivity index (χ3v) is 6.95. The molecule has 76 valence electrons. The van der Waals surface area contributed by atoms with Crippen LogP contribution < -0.4 is 0 Å². The molecule has 3 heteroatoms. The van der Waals surface area contributed by atoms with E-state index >= 15 is 0 Å². The van der Waals surface area contributed by atoms with Gasteiger partial charge in [0.05, 0.1) is 0 Å². The van der Waals surface area contributed by atoms with Gasteiger partial charge in [0, 0.05) is 0 Å². The zero-order chi connectivity index (χ0) is 10.4. The first-order valence-electron chi connectivity index (χ1n) is 4.65. The minimum atomic E-state index is -0.761. The van der Waals surface area contributed by atoms with Crippen LogP contribution >= 0.6 is 10.8 Å². The summed E-state index contributed by atoms with van der Waals surface area (Å²) in [4.78, 5) is 0. The molecule has 0 radical (unpaired) electrons. The Morgan fingerprint density at radius 3 is 2.07 bits per heavy atom. The van der Waals surface area contributed by atoms with Gasteiger partial charge in [-0.2, -0.15) is 0 Å². The number of hydrogen-bond acceptors (Lipinski definition) is 2. The van der Waals surface area contributed by atoms with Gasteiger partial charge in [-0.25, -0.2) is 4.21 Å². The maximum absolute atomic E-state index is 11.7. The summed E-state index contributed by atoms with van der Waals surface area (Å²) >= 11 is 0. The highest BCUT2D eigenvalue weighted by Gasteiger charge is 2.63. The molecule has 1 aromatic rings. The number of benzene rings is 1. The molecule has 0 amide bonds. The summed E-state index contributed by atoms with van der Waals surface area (Å²) in [6.45, 7) is 6.45. The Balaban J connectivity index is 2.47. The van der Waals surface area contributed by atoms with E-state index in [1.807, 2.05) is 18.2 Å². The third kappa shape index (κ3) is 1.34. The topological polar surface area (TPSA) is 17.1 Å². The van der Waals surface area contributed by atoms with Crippen molar-refractivity contribution in [2.24, 2.45) is 5.41 Å². The van der Waals surface area contributed by atoms with Crippen LogP contribution in [0.3, 0.4) is 0 Å². The summed E-state index contributed by atoms with van der Waals surface area (Å²) in [7, 11) is 0.810. The van der Waals surface area contributed by atoms with Crippen LogP contribution in [0.4, 0.5) is 0 Å². The molecule has 1 heterocycles. The second-order valence-corrected chi connectivity index (χ2v) is 8.08. The van der Waals surface area contributed by atoms with Crippen LogP contribution in [0.1, 0.15) is 26.3 Å². The first kappa shape index (κ1) is 10.2. The zero-order valence-corrected chi connectivity index (χ0v) is 10.2. The minimum Gasteiger partial charge on any atom is -0.246 e. The molecule has 0 N–H and O–H groups in total. The number of rotatable bonds is 1. The molecule has 1 aliphatic heterocycles. The predicted molar refractivity (Wildman–Crippen MR) is 63.3 cm³/mol. The van der Waals surface area contributed by atoms with Crippen LogP contribution in [0.15, 0.2) is 30.3 Å². The summed E-state index contributed by atoms with van der Waals surface area (Å²) < 4.78 is 11.6. The van der Waals surface area contributed by atoms with E-state index in [0.29, 0.717) is 0 Å². The van der Waals surface area contributed by atoms with Crippen LogP contribution in [0.25, 0.3) is 0 Å². The smallest absolute Gasteiger partial charge is 0.143 e. The van der Waals surface area contributed by atoms with Gasteiger partial charge >= 0.3 is 0 Å². The van der Waals surface area contributed by atoms with Crippen molar-refractivity contribution in [1.29, 1.82) is 0 Å². The molecule has 0 aliphatic carbocycles. The molecule has 1 nitrogen and oxygen atoms in total. The van der Waals surface area contributed by atoms with E-state index in [1.165, 1.54) is 5.56 Å². The second-order valence-electron chi connectivity index (χ2n) is 4.55. The first-order valence-corrected chi connectivity index (χ1v) is 7.14. The Hall–Kier alpha value is -0.280. The summed E-state index contributed by atoms with van der Waals surface area (Å²) in [6.07, 6.45) is 0. The van der Waals surface area contributed by atoms with Gasteiger partial charge in [-0.15, -0.1) is 0 Å². The molecule has 1 aromatic carbocycles. The van der Waals surface area contributed by atoms with Crippen LogP contribution in [0, 0.1) is 5.41 Å². The lowest BCUT2D eigenvalue weighted by Gasteiger charge is -2.26. The van der Waals surface area contributed by atoms with Crippen molar-refractivity contribution in [3.05, 3.63) is 35.9 Å². The molecule has 1 unspecified atom stereocenters. The lowest BCUT2D eigenvalue weighted by Crippen LogP contribution is -2.26. The highest BCUT2D eigenvalue weighted by atomic mass is 33.2. The molecule has 0 aromatic heterocycles. The molecule has 0 bridgehead atoms. The van der Waals surface area contributed by atoms with Crippen molar-refractivity contribution in [1.82, 2.24) is 0 Å². The van der Waals surface area contributed by atoms with Gasteiger partial charge in [-0.3, -0.25) is 0 Å². The molecule has 2 atom stereocenters. The zero-order valence-electron chi connectivity index (χ0n) is 8.61. The molecular weight excluding hydrogens is 212 g/mol. The standard InChI is InChI=1S/C11H14OS2/c1-10(2,3)11(13-14(11)12)9-7-5-4-6-8-9/h4-8H,1-3H3/t11-,14?/m0/s1. The van der Waals surface area contributed by atoms with E-state index < -0.39 is 9.83 Å². The van der Waals surface area contributed by atoms with Crippen molar-refractivity contribution in [3.8, 4) is 0 Å². The highest BCUT2D eigenvalue weighted by molar-refractivity contribution is 8.85. The van der Waals surface area contributed by atoms with Crippen LogP contribution in [0.2, 0.25) is 0 Å². The molecule has 14 heavy (non-hydrogen) atoms. The Labute approximate surface area is 91.1 Å². The summed E-state index contributed by atoms with van der Waals surface area (Å²) in [5.41, 5.74) is 1.24. The lowest BCUT2D eigenvalue weighted by molar-refractivity contribution is 0.378. The highest BCUT2D eigenvalue weighted by Crippen LogP contribution is 2.69. The van der Waals surface area contributed by atoms with Gasteiger partial charge in [0.1, 0.15) is 13.9 Å². The molecule has 2 rings (SSSR count). The average molecular weight is 226 g/mol. The quantitative estimate of drug-likeness (QED) is 0.540. The maximum atomic E-state index is 11.7. The van der Waals surface area contributed by atoms with Gasteiger partial charge in [-0.05, 0) is 21.8 Å². The fourth-order valence-corrected chi connectivity index (χ4v) is 6.05. The van der Waals surface area contributed by atoms with E-state index in [2.05, 4.69) is 32.9 Å². The molecule has 1 aliphatic rings. The predicted octanol–water partition coefficient (Wildman–Crippen LogP) is 3.30. The Kier molecular flexibility index (Phi) is 2.27. The van der Waals surface area contributed by atoms with Crippen LogP contribution in [-0.4, -0.2) is 4.21 Å². The lowest BCUT2D eigenvalue weighted by atomic mass is 9.86. The Bertz CT molecular complexity index is 367. The van der Waals surface area contributed by atoms with Crippen molar-refractivity contribution in [3.63, 3.8) is 0 Å². The SMILES string of the molecule is CC(C)(C)[C@@]1(c2ccccc2)SS1=O. The normalized spacial score (nSPS) is 31.5. The van der Waals surface area contributed by atoms with Crippen LogP contribution in [0.5, 0.6) is 0 Å². The van der Waals surface area contributed by atoms with E-state index in [4.69, 9.17) is 0 Å². The van der Waals surface area contributed by atoms with E-state index in [0.717, 1.165) is 0 Å². The van der Waals surface area contributed by atoms with Gasteiger partial charge < -0.3 is 0 Å². The van der Waals surface area contributed by atoms with Crippen LogP contribution in [-0.2, 0) is 13.9 Å². The monoisotopic (exact) mass is 226 g/mol.